The van der Waals surface area contributed by atoms with Crippen molar-refractivity contribution in [2.75, 3.05) is 6.61 Å². The molecule has 0 saturated carbocycles. The second kappa shape index (κ2) is 6.85. The predicted octanol–water partition coefficient (Wildman–Crippen LogP) is 5.33. The number of rotatable bonds is 5. The highest BCUT2D eigenvalue weighted by Crippen LogP contribution is 2.28. The molecule has 0 N–H and O–H groups in total. The van der Waals surface area contributed by atoms with Gasteiger partial charge >= 0.3 is 0 Å². The maximum absolute atomic E-state index is 5.97. The minimum Gasteiger partial charge on any atom is -0.476 e. The summed E-state index contributed by atoms with van der Waals surface area (Å²) in [4.78, 5) is 4.43. The van der Waals surface area contributed by atoms with Crippen LogP contribution in [0.15, 0.2) is 83.4 Å². The summed E-state index contributed by atoms with van der Waals surface area (Å²) in [5.74, 6) is 1.57. The zero-order valence-corrected chi connectivity index (χ0v) is 15.4. The van der Waals surface area contributed by atoms with Gasteiger partial charge in [0.1, 0.15) is 11.3 Å². The van der Waals surface area contributed by atoms with Crippen molar-refractivity contribution < 1.29 is 9.15 Å². The van der Waals surface area contributed by atoms with Crippen molar-refractivity contribution in [2.24, 2.45) is 0 Å². The lowest BCUT2D eigenvalue weighted by atomic mass is 10.0. The first-order chi connectivity index (χ1) is 13.8. The highest BCUT2D eigenvalue weighted by Gasteiger charge is 2.13. The summed E-state index contributed by atoms with van der Waals surface area (Å²) >= 11 is 0. The van der Waals surface area contributed by atoms with E-state index in [9.17, 15) is 0 Å². The van der Waals surface area contributed by atoms with Gasteiger partial charge in [0.2, 0.25) is 5.88 Å². The molecule has 28 heavy (non-hydrogen) atoms. The lowest BCUT2D eigenvalue weighted by Crippen LogP contribution is -2.09. The summed E-state index contributed by atoms with van der Waals surface area (Å²) in [6.07, 6.45) is 1.77. The molecule has 0 aliphatic heterocycles. The number of hydrogen-bond acceptors (Lipinski definition) is 4. The van der Waals surface area contributed by atoms with Gasteiger partial charge in [0.05, 0.1) is 12.8 Å². The van der Waals surface area contributed by atoms with E-state index in [1.165, 1.54) is 5.56 Å². The van der Waals surface area contributed by atoms with Gasteiger partial charge in [-0.3, -0.25) is 0 Å². The summed E-state index contributed by atoms with van der Waals surface area (Å²) in [5.41, 5.74) is 3.64. The number of hydrogen-bond donors (Lipinski definition) is 0. The molecule has 1 atom stereocenters. The number of aromatic nitrogens is 3. The molecule has 0 amide bonds. The molecule has 1 unspecified atom stereocenters. The number of para-hydroxylation sites is 1. The van der Waals surface area contributed by atoms with E-state index in [-0.39, 0.29) is 5.92 Å². The first-order valence-corrected chi connectivity index (χ1v) is 9.29. The van der Waals surface area contributed by atoms with Crippen LogP contribution in [0.2, 0.25) is 0 Å². The van der Waals surface area contributed by atoms with E-state index in [1.54, 1.807) is 10.7 Å². The Labute approximate surface area is 162 Å². The average Bonchev–Trinajstić information content (AvgIpc) is 3.36. The van der Waals surface area contributed by atoms with Crippen LogP contribution >= 0.6 is 0 Å². The summed E-state index contributed by atoms with van der Waals surface area (Å²) in [6.45, 7) is 2.70. The molecule has 138 valence electrons. The molecule has 3 aromatic heterocycles. The number of furan rings is 1. The molecule has 3 heterocycles. The van der Waals surface area contributed by atoms with Crippen LogP contribution in [0, 0.1) is 0 Å². The van der Waals surface area contributed by atoms with E-state index < -0.39 is 0 Å². The Morgan fingerprint density at radius 1 is 1.00 bits per heavy atom. The molecule has 2 aromatic carbocycles. The Morgan fingerprint density at radius 2 is 1.82 bits per heavy atom. The standard InChI is InChI=1S/C23H19N3O2/c1-16(17-7-3-2-4-8-17)15-27-23-12-11-22-24-14-19(26(22)25-23)21-13-18-9-5-6-10-20(18)28-21/h2-14,16H,15H2,1H3. The number of nitrogens with zero attached hydrogens (tertiary/aromatic N) is 3. The number of benzene rings is 2. The molecule has 0 aliphatic rings. The largest absolute Gasteiger partial charge is 0.476 e. The molecule has 0 spiro atoms. The Morgan fingerprint density at radius 3 is 2.68 bits per heavy atom. The van der Waals surface area contributed by atoms with Crippen LogP contribution in [-0.2, 0) is 0 Å². The summed E-state index contributed by atoms with van der Waals surface area (Å²) in [7, 11) is 0. The van der Waals surface area contributed by atoms with Crippen LogP contribution in [0.3, 0.4) is 0 Å². The maximum Gasteiger partial charge on any atom is 0.231 e. The van der Waals surface area contributed by atoms with Crippen molar-refractivity contribution in [3.8, 4) is 17.3 Å². The molecular weight excluding hydrogens is 350 g/mol. The smallest absolute Gasteiger partial charge is 0.231 e. The minimum atomic E-state index is 0.274. The van der Waals surface area contributed by atoms with Crippen LogP contribution in [-0.4, -0.2) is 21.2 Å². The molecule has 5 rings (SSSR count). The van der Waals surface area contributed by atoms with Crippen molar-refractivity contribution >= 4 is 16.6 Å². The van der Waals surface area contributed by atoms with Gasteiger partial charge in [0.15, 0.2) is 11.4 Å². The fourth-order valence-corrected chi connectivity index (χ4v) is 3.30. The molecule has 0 bridgehead atoms. The number of ether oxygens (including phenoxy) is 1. The molecule has 0 aliphatic carbocycles. The summed E-state index contributed by atoms with van der Waals surface area (Å²) in [5, 5.41) is 5.67. The van der Waals surface area contributed by atoms with Gasteiger partial charge in [0, 0.05) is 17.4 Å². The normalized spacial score (nSPS) is 12.5. The first-order valence-electron chi connectivity index (χ1n) is 9.29. The van der Waals surface area contributed by atoms with E-state index >= 15 is 0 Å². The number of fused-ring (bicyclic) bond motifs is 2. The second-order valence-corrected chi connectivity index (χ2v) is 6.86. The van der Waals surface area contributed by atoms with E-state index in [2.05, 4.69) is 29.1 Å². The second-order valence-electron chi connectivity index (χ2n) is 6.86. The maximum atomic E-state index is 5.97. The van der Waals surface area contributed by atoms with Crippen molar-refractivity contribution in [3.63, 3.8) is 0 Å². The highest BCUT2D eigenvalue weighted by atomic mass is 16.5. The molecular formula is C23H19N3O2. The Bertz CT molecular complexity index is 1210. The third-order valence-corrected chi connectivity index (χ3v) is 4.87. The number of imidazole rings is 1. The van der Waals surface area contributed by atoms with Crippen LogP contribution in [0.1, 0.15) is 18.4 Å². The van der Waals surface area contributed by atoms with Gasteiger partial charge in [-0.15, -0.1) is 5.10 Å². The van der Waals surface area contributed by atoms with Gasteiger partial charge < -0.3 is 9.15 Å². The lowest BCUT2D eigenvalue weighted by molar-refractivity contribution is 0.281. The first kappa shape index (κ1) is 16.6. The summed E-state index contributed by atoms with van der Waals surface area (Å²) in [6, 6.07) is 24.0. The fraction of sp³-hybridized carbons (Fsp3) is 0.130. The van der Waals surface area contributed by atoms with Crippen molar-refractivity contribution in [1.82, 2.24) is 14.6 Å². The molecule has 0 saturated heterocycles. The van der Waals surface area contributed by atoms with Crippen LogP contribution in [0.4, 0.5) is 0 Å². The van der Waals surface area contributed by atoms with Gasteiger partial charge in [-0.2, -0.15) is 0 Å². The molecule has 0 fully saturated rings. The van der Waals surface area contributed by atoms with E-state index in [0.29, 0.717) is 12.5 Å². The quantitative estimate of drug-likeness (QED) is 0.420. The van der Waals surface area contributed by atoms with Crippen LogP contribution < -0.4 is 4.74 Å². The SMILES string of the molecule is CC(COc1ccc2ncc(-c3cc4ccccc4o3)n2n1)c1ccccc1. The predicted molar refractivity (Wildman–Crippen MR) is 109 cm³/mol. The van der Waals surface area contributed by atoms with Crippen molar-refractivity contribution in [2.45, 2.75) is 12.8 Å². The van der Waals surface area contributed by atoms with Gasteiger partial charge in [0.25, 0.3) is 0 Å². The van der Waals surface area contributed by atoms with Crippen molar-refractivity contribution in [3.05, 3.63) is 84.6 Å². The minimum absolute atomic E-state index is 0.274. The van der Waals surface area contributed by atoms with Gasteiger partial charge in [-0.25, -0.2) is 9.50 Å². The molecule has 5 aromatic rings. The van der Waals surface area contributed by atoms with E-state index in [0.717, 1.165) is 28.1 Å². The van der Waals surface area contributed by atoms with E-state index in [1.807, 2.05) is 60.7 Å². The molecule has 0 radical (unpaired) electrons. The highest BCUT2D eigenvalue weighted by molar-refractivity contribution is 5.82. The third-order valence-electron chi connectivity index (χ3n) is 4.87. The molecule has 5 nitrogen and oxygen atoms in total. The third kappa shape index (κ3) is 3.01. The fourth-order valence-electron chi connectivity index (χ4n) is 3.30. The van der Waals surface area contributed by atoms with Crippen LogP contribution in [0.5, 0.6) is 5.88 Å². The van der Waals surface area contributed by atoms with Crippen molar-refractivity contribution in [1.29, 1.82) is 0 Å². The Kier molecular flexibility index (Phi) is 4.05. The Hall–Kier alpha value is -3.60. The monoisotopic (exact) mass is 369 g/mol. The van der Waals surface area contributed by atoms with Gasteiger partial charge in [-0.05, 0) is 23.8 Å². The van der Waals surface area contributed by atoms with E-state index in [4.69, 9.17) is 9.15 Å². The van der Waals surface area contributed by atoms with Crippen LogP contribution in [0.25, 0.3) is 28.1 Å². The van der Waals surface area contributed by atoms with Gasteiger partial charge in [-0.1, -0.05) is 55.5 Å². The average molecular weight is 369 g/mol. The lowest BCUT2D eigenvalue weighted by Gasteiger charge is -2.13. The Balaban J connectivity index is 1.43. The topological polar surface area (TPSA) is 52.6 Å². The zero-order valence-electron chi connectivity index (χ0n) is 15.4. The molecule has 5 heteroatoms. The summed E-state index contributed by atoms with van der Waals surface area (Å²) < 4.78 is 13.7. The zero-order chi connectivity index (χ0) is 18.9.